The molecule has 6 nitrogen and oxygen atoms in total. The maximum atomic E-state index is 13.3. The molecule has 0 radical (unpaired) electrons. The first-order chi connectivity index (χ1) is 13.0. The monoisotopic (exact) mass is 383 g/mol. The summed E-state index contributed by atoms with van der Waals surface area (Å²) in [6, 6.07) is 11.4. The Balaban J connectivity index is 1.67. The van der Waals surface area contributed by atoms with Crippen molar-refractivity contribution in [2.24, 2.45) is 12.8 Å². The molecule has 3 heterocycles. The molecule has 1 saturated heterocycles. The number of amides is 2. The molecule has 2 aromatic heterocycles. The molecule has 0 saturated carbocycles. The van der Waals surface area contributed by atoms with Crippen molar-refractivity contribution in [3.05, 3.63) is 51.8 Å². The lowest BCUT2D eigenvalue weighted by atomic mass is 10.2. The molecular formula is C20H21N3O3S. The number of primary amides is 1. The van der Waals surface area contributed by atoms with Crippen molar-refractivity contribution in [2.45, 2.75) is 18.9 Å². The van der Waals surface area contributed by atoms with Gasteiger partial charge in [0.1, 0.15) is 11.4 Å². The summed E-state index contributed by atoms with van der Waals surface area (Å²) in [5.74, 6) is 0.345. The minimum absolute atomic E-state index is 0.00388. The van der Waals surface area contributed by atoms with Crippen LogP contribution in [0.1, 0.15) is 43.9 Å². The van der Waals surface area contributed by atoms with Crippen LogP contribution in [-0.4, -0.2) is 34.9 Å². The average molecular weight is 383 g/mol. The number of methoxy groups -OCH3 is 1. The van der Waals surface area contributed by atoms with Crippen LogP contribution >= 0.6 is 11.3 Å². The lowest BCUT2D eigenvalue weighted by Crippen LogP contribution is -2.31. The van der Waals surface area contributed by atoms with Crippen molar-refractivity contribution >= 4 is 34.1 Å². The first-order valence-corrected chi connectivity index (χ1v) is 9.65. The van der Waals surface area contributed by atoms with Crippen LogP contribution in [0.4, 0.5) is 0 Å². The molecule has 4 rings (SSSR count). The number of aromatic nitrogens is 1. The third-order valence-electron chi connectivity index (χ3n) is 5.18. The molecule has 1 fully saturated rings. The normalized spacial score (nSPS) is 16.8. The summed E-state index contributed by atoms with van der Waals surface area (Å²) in [7, 11) is 3.54. The molecule has 7 heteroatoms. The van der Waals surface area contributed by atoms with Crippen LogP contribution < -0.4 is 10.5 Å². The number of nitrogens with two attached hydrogens (primary N) is 1. The lowest BCUT2D eigenvalue weighted by Gasteiger charge is -2.24. The van der Waals surface area contributed by atoms with E-state index in [1.54, 1.807) is 13.2 Å². The minimum atomic E-state index is -0.426. The van der Waals surface area contributed by atoms with Crippen LogP contribution in [0.5, 0.6) is 5.75 Å². The van der Waals surface area contributed by atoms with Gasteiger partial charge in [0.25, 0.3) is 11.8 Å². The van der Waals surface area contributed by atoms with Crippen molar-refractivity contribution in [2.75, 3.05) is 13.7 Å². The molecule has 1 atom stereocenters. The van der Waals surface area contributed by atoms with Gasteiger partial charge in [0.05, 0.1) is 18.0 Å². The first kappa shape index (κ1) is 17.6. The zero-order valence-electron chi connectivity index (χ0n) is 15.3. The summed E-state index contributed by atoms with van der Waals surface area (Å²) in [4.78, 5) is 28.1. The largest absolute Gasteiger partial charge is 0.497 e. The highest BCUT2D eigenvalue weighted by molar-refractivity contribution is 7.14. The Morgan fingerprint density at radius 3 is 2.74 bits per heavy atom. The molecule has 0 bridgehead atoms. The molecular weight excluding hydrogens is 362 g/mol. The highest BCUT2D eigenvalue weighted by Crippen LogP contribution is 2.37. The number of nitrogens with zero attached hydrogens (tertiary/aromatic N) is 2. The molecule has 1 aliphatic heterocycles. The number of carbonyl (C=O) groups is 2. The minimum Gasteiger partial charge on any atom is -0.497 e. The van der Waals surface area contributed by atoms with Gasteiger partial charge in [0.2, 0.25) is 0 Å². The Morgan fingerprint density at radius 2 is 2.04 bits per heavy atom. The molecule has 1 aromatic carbocycles. The number of hydrogen-bond donors (Lipinski definition) is 1. The van der Waals surface area contributed by atoms with Gasteiger partial charge in [-0.2, -0.15) is 0 Å². The highest BCUT2D eigenvalue weighted by Gasteiger charge is 2.33. The number of hydrogen-bond acceptors (Lipinski definition) is 4. The van der Waals surface area contributed by atoms with Gasteiger partial charge in [-0.25, -0.2) is 0 Å². The van der Waals surface area contributed by atoms with Crippen molar-refractivity contribution in [1.82, 2.24) is 9.47 Å². The molecule has 1 aliphatic rings. The molecule has 0 spiro atoms. The van der Waals surface area contributed by atoms with E-state index >= 15 is 0 Å². The second kappa shape index (κ2) is 6.74. The third kappa shape index (κ3) is 2.98. The highest BCUT2D eigenvalue weighted by atomic mass is 32.1. The topological polar surface area (TPSA) is 77.6 Å². The van der Waals surface area contributed by atoms with E-state index in [1.165, 1.54) is 11.3 Å². The van der Waals surface area contributed by atoms with Gasteiger partial charge < -0.3 is 19.9 Å². The molecule has 2 N–H and O–H groups in total. The predicted molar refractivity (Wildman–Crippen MR) is 105 cm³/mol. The van der Waals surface area contributed by atoms with E-state index in [2.05, 4.69) is 0 Å². The summed E-state index contributed by atoms with van der Waals surface area (Å²) < 4.78 is 7.21. The Labute approximate surface area is 161 Å². The molecule has 27 heavy (non-hydrogen) atoms. The Kier molecular flexibility index (Phi) is 4.39. The number of fused-ring (bicyclic) bond motifs is 1. The summed E-state index contributed by atoms with van der Waals surface area (Å²) >= 11 is 1.38. The fourth-order valence-electron chi connectivity index (χ4n) is 3.78. The predicted octanol–water partition coefficient (Wildman–Crippen LogP) is 3.32. The van der Waals surface area contributed by atoms with Crippen LogP contribution in [0.15, 0.2) is 36.4 Å². The van der Waals surface area contributed by atoms with Gasteiger partial charge in [0.15, 0.2) is 0 Å². The van der Waals surface area contributed by atoms with Crippen LogP contribution in [0.25, 0.3) is 10.9 Å². The Bertz CT molecular complexity index is 1040. The van der Waals surface area contributed by atoms with Crippen LogP contribution in [0, 0.1) is 0 Å². The van der Waals surface area contributed by atoms with Gasteiger partial charge in [-0.1, -0.05) is 0 Å². The molecule has 3 aromatic rings. The van der Waals surface area contributed by atoms with Gasteiger partial charge in [-0.05, 0) is 49.2 Å². The first-order valence-electron chi connectivity index (χ1n) is 8.83. The quantitative estimate of drug-likeness (QED) is 0.751. The van der Waals surface area contributed by atoms with Crippen LogP contribution in [0.2, 0.25) is 0 Å². The second-order valence-electron chi connectivity index (χ2n) is 6.74. The summed E-state index contributed by atoms with van der Waals surface area (Å²) in [6.45, 7) is 0.706. The number of rotatable bonds is 4. The zero-order valence-corrected chi connectivity index (χ0v) is 16.1. The van der Waals surface area contributed by atoms with E-state index in [9.17, 15) is 9.59 Å². The number of thiophene rings is 1. The van der Waals surface area contributed by atoms with Crippen molar-refractivity contribution in [1.29, 1.82) is 0 Å². The second-order valence-corrected chi connectivity index (χ2v) is 7.85. The lowest BCUT2D eigenvalue weighted by molar-refractivity contribution is 0.0728. The van der Waals surface area contributed by atoms with Gasteiger partial charge >= 0.3 is 0 Å². The maximum Gasteiger partial charge on any atom is 0.271 e. The van der Waals surface area contributed by atoms with E-state index < -0.39 is 5.91 Å². The fourth-order valence-corrected chi connectivity index (χ4v) is 4.78. The van der Waals surface area contributed by atoms with Crippen molar-refractivity contribution in [3.63, 3.8) is 0 Å². The molecule has 0 aliphatic carbocycles. The number of carbonyl (C=O) groups excluding carboxylic acids is 2. The third-order valence-corrected chi connectivity index (χ3v) is 6.38. The van der Waals surface area contributed by atoms with Crippen LogP contribution in [0.3, 0.4) is 0 Å². The van der Waals surface area contributed by atoms with Gasteiger partial charge in [0, 0.05) is 29.4 Å². The smallest absolute Gasteiger partial charge is 0.271 e. The molecule has 2 amide bonds. The van der Waals surface area contributed by atoms with E-state index in [0.29, 0.717) is 17.1 Å². The number of likely N-dealkylation sites (tertiary alicyclic amines) is 1. The van der Waals surface area contributed by atoms with Crippen LogP contribution in [-0.2, 0) is 7.05 Å². The number of benzene rings is 1. The zero-order chi connectivity index (χ0) is 19.1. The van der Waals surface area contributed by atoms with Crippen molar-refractivity contribution in [3.8, 4) is 5.75 Å². The summed E-state index contributed by atoms with van der Waals surface area (Å²) in [5.41, 5.74) is 7.01. The van der Waals surface area contributed by atoms with E-state index in [0.717, 1.165) is 34.4 Å². The van der Waals surface area contributed by atoms with Gasteiger partial charge in [-0.3, -0.25) is 9.59 Å². The van der Waals surface area contributed by atoms with Crippen molar-refractivity contribution < 1.29 is 14.3 Å². The average Bonchev–Trinajstić information content (AvgIpc) is 3.39. The molecule has 0 unspecified atom stereocenters. The standard InChI is InChI=1S/C20H21N3O3S/c1-22-14-6-5-13(26-2)10-12(14)11-16(22)20(25)23-9-3-4-15(23)17-7-8-18(27-17)19(21)24/h5-8,10-11,15H,3-4,9H2,1-2H3,(H2,21,24)/t15-/m1/s1. The van der Waals surface area contributed by atoms with E-state index in [4.69, 9.17) is 10.5 Å². The van der Waals surface area contributed by atoms with E-state index in [-0.39, 0.29) is 11.9 Å². The summed E-state index contributed by atoms with van der Waals surface area (Å²) in [5, 5.41) is 0.975. The van der Waals surface area contributed by atoms with E-state index in [1.807, 2.05) is 46.8 Å². The fraction of sp³-hybridized carbons (Fsp3) is 0.300. The Hall–Kier alpha value is -2.80. The maximum absolute atomic E-state index is 13.3. The molecule has 140 valence electrons. The summed E-state index contributed by atoms with van der Waals surface area (Å²) in [6.07, 6.45) is 1.83. The number of aryl methyl sites for hydroxylation is 1. The SMILES string of the molecule is COc1ccc2c(c1)cc(C(=O)N1CCC[C@@H]1c1ccc(C(N)=O)s1)n2C. The number of ether oxygens (including phenoxy) is 1. The Morgan fingerprint density at radius 1 is 1.22 bits per heavy atom. The van der Waals surface area contributed by atoms with Gasteiger partial charge in [-0.15, -0.1) is 11.3 Å².